The van der Waals surface area contributed by atoms with Crippen molar-refractivity contribution in [2.75, 3.05) is 19.6 Å². The van der Waals surface area contributed by atoms with Crippen LogP contribution in [0, 0.1) is 6.92 Å². The highest BCUT2D eigenvalue weighted by Gasteiger charge is 2.15. The summed E-state index contributed by atoms with van der Waals surface area (Å²) in [5.41, 5.74) is -0.487. The molecule has 1 unspecified atom stereocenters. The summed E-state index contributed by atoms with van der Waals surface area (Å²) < 4.78 is 5.20. The third kappa shape index (κ3) is 9.96. The van der Waals surface area contributed by atoms with Crippen molar-refractivity contribution in [3.05, 3.63) is 21.9 Å². The Bertz CT molecular complexity index is 564. The molecule has 0 bridgehead atoms. The zero-order valence-corrected chi connectivity index (χ0v) is 17.0. The second kappa shape index (κ2) is 10.3. The Morgan fingerprint density at radius 1 is 1.32 bits per heavy atom. The maximum Gasteiger partial charge on any atom is 0.407 e. The molecular formula is C18H32N4O2S. The zero-order valence-electron chi connectivity index (χ0n) is 16.2. The van der Waals surface area contributed by atoms with E-state index in [0.29, 0.717) is 13.1 Å². The van der Waals surface area contributed by atoms with Gasteiger partial charge in [0.05, 0.1) is 6.54 Å². The average Bonchev–Trinajstić information content (AvgIpc) is 2.86. The first kappa shape index (κ1) is 21.3. The van der Waals surface area contributed by atoms with Crippen molar-refractivity contribution in [1.82, 2.24) is 16.0 Å². The lowest BCUT2D eigenvalue weighted by Crippen LogP contribution is -2.43. The van der Waals surface area contributed by atoms with E-state index in [9.17, 15) is 4.79 Å². The largest absolute Gasteiger partial charge is 0.444 e. The van der Waals surface area contributed by atoms with E-state index in [4.69, 9.17) is 4.74 Å². The number of aliphatic imine (C=N–C) groups is 1. The number of thiophene rings is 1. The van der Waals surface area contributed by atoms with Crippen molar-refractivity contribution in [3.63, 3.8) is 0 Å². The average molecular weight is 369 g/mol. The van der Waals surface area contributed by atoms with Gasteiger partial charge in [0.15, 0.2) is 5.96 Å². The van der Waals surface area contributed by atoms with Crippen LogP contribution in [0.15, 0.2) is 17.1 Å². The lowest BCUT2D eigenvalue weighted by atomic mass is 10.2. The van der Waals surface area contributed by atoms with Crippen LogP contribution in [0.5, 0.6) is 0 Å². The van der Waals surface area contributed by atoms with Gasteiger partial charge in [-0.05, 0) is 53.7 Å². The molecule has 0 aliphatic heterocycles. The molecule has 0 aromatic carbocycles. The van der Waals surface area contributed by atoms with Gasteiger partial charge in [0.1, 0.15) is 5.60 Å². The summed E-state index contributed by atoms with van der Waals surface area (Å²) in [7, 11) is 0. The Labute approximate surface area is 155 Å². The van der Waals surface area contributed by atoms with E-state index in [1.807, 2.05) is 39.0 Å². The number of amides is 1. The standard InChI is InChI=1S/C18H32N4O2S/c1-7-19-16(20-10-11-21-17(23)24-18(4,5)6)22-13(2)12-15-9-8-14(3)25-15/h8-9,13H,7,10-12H2,1-6H3,(H,21,23)(H2,19,20,22). The van der Waals surface area contributed by atoms with Gasteiger partial charge in [0, 0.05) is 35.3 Å². The van der Waals surface area contributed by atoms with Gasteiger partial charge < -0.3 is 20.7 Å². The summed E-state index contributed by atoms with van der Waals surface area (Å²) in [5.74, 6) is 0.759. The molecule has 0 spiro atoms. The highest BCUT2D eigenvalue weighted by Crippen LogP contribution is 2.16. The molecule has 3 N–H and O–H groups in total. The Hall–Kier alpha value is -1.76. The van der Waals surface area contributed by atoms with E-state index < -0.39 is 11.7 Å². The van der Waals surface area contributed by atoms with Crippen LogP contribution in [0.4, 0.5) is 4.79 Å². The lowest BCUT2D eigenvalue weighted by molar-refractivity contribution is 0.0529. The molecule has 1 amide bonds. The summed E-state index contributed by atoms with van der Waals surface area (Å²) in [6.07, 6.45) is 0.543. The monoisotopic (exact) mass is 368 g/mol. The molecule has 0 fully saturated rings. The minimum absolute atomic E-state index is 0.273. The fraction of sp³-hybridized carbons (Fsp3) is 0.667. The number of hydrogen-bond donors (Lipinski definition) is 3. The number of hydrogen-bond acceptors (Lipinski definition) is 4. The highest BCUT2D eigenvalue weighted by molar-refractivity contribution is 7.11. The molecule has 0 saturated carbocycles. The summed E-state index contributed by atoms with van der Waals surface area (Å²) in [4.78, 5) is 18.8. The molecule has 25 heavy (non-hydrogen) atoms. The number of rotatable bonds is 7. The molecule has 6 nitrogen and oxygen atoms in total. The van der Waals surface area contributed by atoms with Crippen molar-refractivity contribution in [2.45, 2.75) is 59.6 Å². The number of nitrogens with one attached hydrogen (secondary N) is 3. The third-order valence-corrected chi connectivity index (χ3v) is 4.10. The number of guanidine groups is 1. The van der Waals surface area contributed by atoms with Crippen LogP contribution in [0.3, 0.4) is 0 Å². The molecule has 0 radical (unpaired) electrons. The summed E-state index contributed by atoms with van der Waals surface area (Å²) in [6.45, 7) is 13.5. The number of carbonyl (C=O) groups is 1. The van der Waals surface area contributed by atoms with Crippen LogP contribution in [0.1, 0.15) is 44.4 Å². The van der Waals surface area contributed by atoms with Gasteiger partial charge in [-0.15, -0.1) is 11.3 Å². The SMILES string of the molecule is CCNC(=NCCNC(=O)OC(C)(C)C)NC(C)Cc1ccc(C)s1. The minimum atomic E-state index is -0.487. The third-order valence-electron chi connectivity index (χ3n) is 3.08. The maximum absolute atomic E-state index is 11.6. The molecule has 1 aromatic heterocycles. The van der Waals surface area contributed by atoms with Gasteiger partial charge in [-0.2, -0.15) is 0 Å². The first-order valence-electron chi connectivity index (χ1n) is 8.76. The molecule has 1 heterocycles. The van der Waals surface area contributed by atoms with Crippen molar-refractivity contribution >= 4 is 23.4 Å². The fourth-order valence-corrected chi connectivity index (χ4v) is 3.16. The fourth-order valence-electron chi connectivity index (χ4n) is 2.14. The first-order chi connectivity index (χ1) is 11.7. The number of nitrogens with zero attached hydrogens (tertiary/aromatic N) is 1. The summed E-state index contributed by atoms with van der Waals surface area (Å²) in [6, 6.07) is 4.59. The van der Waals surface area contributed by atoms with Gasteiger partial charge in [-0.1, -0.05) is 0 Å². The van der Waals surface area contributed by atoms with E-state index >= 15 is 0 Å². The number of carbonyl (C=O) groups excluding carboxylic acids is 1. The van der Waals surface area contributed by atoms with Gasteiger partial charge in [0.25, 0.3) is 0 Å². The summed E-state index contributed by atoms with van der Waals surface area (Å²) in [5, 5.41) is 9.34. The Balaban J connectivity index is 2.41. The lowest BCUT2D eigenvalue weighted by Gasteiger charge is -2.19. The Morgan fingerprint density at radius 3 is 2.60 bits per heavy atom. The van der Waals surface area contributed by atoms with Crippen molar-refractivity contribution in [2.24, 2.45) is 4.99 Å². The van der Waals surface area contributed by atoms with Gasteiger partial charge in [-0.25, -0.2) is 4.79 Å². The Morgan fingerprint density at radius 2 is 2.04 bits per heavy atom. The van der Waals surface area contributed by atoms with Crippen LogP contribution < -0.4 is 16.0 Å². The van der Waals surface area contributed by atoms with E-state index in [1.165, 1.54) is 9.75 Å². The number of alkyl carbamates (subject to hydrolysis) is 1. The minimum Gasteiger partial charge on any atom is -0.444 e. The number of ether oxygens (including phenoxy) is 1. The molecule has 0 aliphatic rings. The van der Waals surface area contributed by atoms with Gasteiger partial charge in [0.2, 0.25) is 0 Å². The van der Waals surface area contributed by atoms with Gasteiger partial charge >= 0.3 is 6.09 Å². The van der Waals surface area contributed by atoms with Crippen molar-refractivity contribution in [1.29, 1.82) is 0 Å². The highest BCUT2D eigenvalue weighted by atomic mass is 32.1. The smallest absolute Gasteiger partial charge is 0.407 e. The van der Waals surface area contributed by atoms with E-state index in [1.54, 1.807) is 0 Å². The molecule has 142 valence electrons. The second-order valence-electron chi connectivity index (χ2n) is 6.95. The van der Waals surface area contributed by atoms with E-state index in [0.717, 1.165) is 18.9 Å². The zero-order chi connectivity index (χ0) is 18.9. The van der Waals surface area contributed by atoms with Crippen LogP contribution >= 0.6 is 11.3 Å². The molecule has 1 aromatic rings. The topological polar surface area (TPSA) is 74.8 Å². The van der Waals surface area contributed by atoms with Crippen LogP contribution in [0.2, 0.25) is 0 Å². The van der Waals surface area contributed by atoms with Crippen LogP contribution in [-0.4, -0.2) is 43.3 Å². The van der Waals surface area contributed by atoms with Crippen molar-refractivity contribution < 1.29 is 9.53 Å². The van der Waals surface area contributed by atoms with Gasteiger partial charge in [-0.3, -0.25) is 4.99 Å². The molecule has 1 rings (SSSR count). The van der Waals surface area contributed by atoms with Crippen LogP contribution in [-0.2, 0) is 11.2 Å². The van der Waals surface area contributed by atoms with Crippen molar-refractivity contribution in [3.8, 4) is 0 Å². The van der Waals surface area contributed by atoms with E-state index in [-0.39, 0.29) is 6.04 Å². The number of aryl methyl sites for hydroxylation is 1. The summed E-state index contributed by atoms with van der Waals surface area (Å²) >= 11 is 1.82. The molecule has 0 aliphatic carbocycles. The predicted octanol–water partition coefficient (Wildman–Crippen LogP) is 3.07. The molecular weight excluding hydrogens is 336 g/mol. The van der Waals surface area contributed by atoms with Crippen LogP contribution in [0.25, 0.3) is 0 Å². The first-order valence-corrected chi connectivity index (χ1v) is 9.58. The van der Waals surface area contributed by atoms with E-state index in [2.05, 4.69) is 46.9 Å². The maximum atomic E-state index is 11.6. The normalized spacial score (nSPS) is 13.3. The Kier molecular flexibility index (Phi) is 8.75. The molecule has 0 saturated heterocycles. The second-order valence-corrected chi connectivity index (χ2v) is 8.32. The quantitative estimate of drug-likeness (QED) is 0.393. The predicted molar refractivity (Wildman–Crippen MR) is 106 cm³/mol. The molecule has 7 heteroatoms. The molecule has 1 atom stereocenters.